The van der Waals surface area contributed by atoms with Gasteiger partial charge >= 0.3 is 6.36 Å². The first-order chi connectivity index (χ1) is 10.4. The highest BCUT2D eigenvalue weighted by Gasteiger charge is 2.32. The molecule has 0 aliphatic rings. The SMILES string of the molecule is Cl.NCCOc1ccc(-c2ccc(F)cc2)cc1OC(F)(F)F. The van der Waals surface area contributed by atoms with Crippen LogP contribution in [-0.4, -0.2) is 19.5 Å². The molecule has 0 amide bonds. The first-order valence-electron chi connectivity index (χ1n) is 6.37. The average molecular weight is 352 g/mol. The highest BCUT2D eigenvalue weighted by atomic mass is 35.5. The summed E-state index contributed by atoms with van der Waals surface area (Å²) in [5.74, 6) is -0.963. The standard InChI is InChI=1S/C15H13F4NO2.ClH/c16-12-4-1-10(2-5-12)11-3-6-13(21-8-7-20)14(9-11)22-15(17,18)19;/h1-6,9H,7-8,20H2;1H. The van der Waals surface area contributed by atoms with Crippen LogP contribution in [0.25, 0.3) is 11.1 Å². The molecule has 0 bridgehead atoms. The molecule has 0 aliphatic carbocycles. The molecule has 0 aromatic heterocycles. The monoisotopic (exact) mass is 351 g/mol. The summed E-state index contributed by atoms with van der Waals surface area (Å²) in [5.41, 5.74) is 6.26. The van der Waals surface area contributed by atoms with Crippen LogP contribution in [0.1, 0.15) is 0 Å². The lowest BCUT2D eigenvalue weighted by Crippen LogP contribution is -2.18. The van der Waals surface area contributed by atoms with Gasteiger partial charge in [-0.2, -0.15) is 0 Å². The van der Waals surface area contributed by atoms with E-state index in [1.165, 1.54) is 36.4 Å². The summed E-state index contributed by atoms with van der Waals surface area (Å²) in [7, 11) is 0. The summed E-state index contributed by atoms with van der Waals surface area (Å²) < 4.78 is 59.4. The lowest BCUT2D eigenvalue weighted by Gasteiger charge is -2.15. The number of hydrogen-bond donors (Lipinski definition) is 1. The highest BCUT2D eigenvalue weighted by Crippen LogP contribution is 2.36. The fourth-order valence-corrected chi connectivity index (χ4v) is 1.82. The van der Waals surface area contributed by atoms with Crippen LogP contribution in [-0.2, 0) is 0 Å². The van der Waals surface area contributed by atoms with Gasteiger partial charge in [-0.15, -0.1) is 25.6 Å². The minimum absolute atomic E-state index is 0. The van der Waals surface area contributed by atoms with Gasteiger partial charge < -0.3 is 15.2 Å². The van der Waals surface area contributed by atoms with Gasteiger partial charge in [-0.25, -0.2) is 4.39 Å². The molecule has 0 fully saturated rings. The third-order valence-corrected chi connectivity index (χ3v) is 2.72. The summed E-state index contributed by atoms with van der Waals surface area (Å²) >= 11 is 0. The molecule has 3 nitrogen and oxygen atoms in total. The quantitative estimate of drug-likeness (QED) is 0.823. The van der Waals surface area contributed by atoms with Crippen LogP contribution in [0.3, 0.4) is 0 Å². The Morgan fingerprint density at radius 3 is 2.09 bits per heavy atom. The Balaban J connectivity index is 0.00000264. The molecule has 2 aromatic rings. The molecule has 0 radical (unpaired) electrons. The van der Waals surface area contributed by atoms with E-state index in [-0.39, 0.29) is 31.3 Å². The van der Waals surface area contributed by atoms with Crippen molar-refractivity contribution in [2.24, 2.45) is 5.73 Å². The van der Waals surface area contributed by atoms with Gasteiger partial charge in [-0.1, -0.05) is 18.2 Å². The third-order valence-electron chi connectivity index (χ3n) is 2.72. The molecule has 23 heavy (non-hydrogen) atoms. The van der Waals surface area contributed by atoms with E-state index in [0.717, 1.165) is 0 Å². The fourth-order valence-electron chi connectivity index (χ4n) is 1.82. The van der Waals surface area contributed by atoms with Crippen LogP contribution in [0.15, 0.2) is 42.5 Å². The topological polar surface area (TPSA) is 44.5 Å². The summed E-state index contributed by atoms with van der Waals surface area (Å²) in [6.45, 7) is 0.218. The molecule has 126 valence electrons. The van der Waals surface area contributed by atoms with Gasteiger partial charge in [-0.3, -0.25) is 0 Å². The van der Waals surface area contributed by atoms with Crippen molar-refractivity contribution in [1.29, 1.82) is 0 Å². The second kappa shape index (κ2) is 8.03. The van der Waals surface area contributed by atoms with Crippen molar-refractivity contribution >= 4 is 12.4 Å². The number of ether oxygens (including phenoxy) is 2. The molecular formula is C15H14ClF4NO2. The first-order valence-corrected chi connectivity index (χ1v) is 6.37. The Bertz CT molecular complexity index is 632. The van der Waals surface area contributed by atoms with Crippen molar-refractivity contribution in [3.8, 4) is 22.6 Å². The van der Waals surface area contributed by atoms with Gasteiger partial charge in [0.05, 0.1) is 0 Å². The largest absolute Gasteiger partial charge is 0.573 e. The zero-order chi connectivity index (χ0) is 16.2. The lowest BCUT2D eigenvalue weighted by molar-refractivity contribution is -0.275. The van der Waals surface area contributed by atoms with Gasteiger partial charge in [0.25, 0.3) is 0 Å². The van der Waals surface area contributed by atoms with Crippen LogP contribution in [0, 0.1) is 5.82 Å². The second-order valence-corrected chi connectivity index (χ2v) is 4.35. The number of hydrogen-bond acceptors (Lipinski definition) is 3. The summed E-state index contributed by atoms with van der Waals surface area (Å²) in [4.78, 5) is 0. The maximum atomic E-state index is 12.9. The summed E-state index contributed by atoms with van der Waals surface area (Å²) in [6, 6.07) is 9.46. The molecule has 8 heteroatoms. The Kier molecular flexibility index (Phi) is 6.65. The normalized spacial score (nSPS) is 10.8. The molecule has 2 rings (SSSR count). The van der Waals surface area contributed by atoms with Crippen LogP contribution < -0.4 is 15.2 Å². The van der Waals surface area contributed by atoms with E-state index >= 15 is 0 Å². The molecule has 0 saturated carbocycles. The van der Waals surface area contributed by atoms with Gasteiger partial charge in [0, 0.05) is 6.54 Å². The first kappa shape index (κ1) is 19.1. The van der Waals surface area contributed by atoms with E-state index in [1.54, 1.807) is 6.07 Å². The van der Waals surface area contributed by atoms with Gasteiger partial charge in [0.15, 0.2) is 11.5 Å². The van der Waals surface area contributed by atoms with Crippen molar-refractivity contribution in [1.82, 2.24) is 0 Å². The summed E-state index contributed by atoms with van der Waals surface area (Å²) in [5, 5.41) is 0. The number of nitrogens with two attached hydrogens (primary N) is 1. The second-order valence-electron chi connectivity index (χ2n) is 4.35. The number of rotatable bonds is 5. The Hall–Kier alpha value is -1.99. The van der Waals surface area contributed by atoms with Gasteiger partial charge in [-0.05, 0) is 35.4 Å². The molecule has 2 aromatic carbocycles. The van der Waals surface area contributed by atoms with Gasteiger partial charge in [0.1, 0.15) is 12.4 Å². The smallest absolute Gasteiger partial charge is 0.488 e. The molecule has 0 heterocycles. The molecule has 0 saturated heterocycles. The predicted octanol–water partition coefficient (Wildman–Crippen LogP) is 4.15. The highest BCUT2D eigenvalue weighted by molar-refractivity contribution is 5.85. The molecule has 0 atom stereocenters. The number of benzene rings is 2. The maximum absolute atomic E-state index is 12.9. The van der Waals surface area contributed by atoms with Crippen LogP contribution in [0.2, 0.25) is 0 Å². The third kappa shape index (κ3) is 5.61. The van der Waals surface area contributed by atoms with Crippen molar-refractivity contribution < 1.29 is 27.0 Å². The van der Waals surface area contributed by atoms with Crippen LogP contribution >= 0.6 is 12.4 Å². The average Bonchev–Trinajstić information content (AvgIpc) is 2.45. The zero-order valence-corrected chi connectivity index (χ0v) is 12.6. The molecule has 2 N–H and O–H groups in total. The Morgan fingerprint density at radius 1 is 0.913 bits per heavy atom. The van der Waals surface area contributed by atoms with E-state index in [1.807, 2.05) is 0 Å². The minimum atomic E-state index is -4.84. The zero-order valence-electron chi connectivity index (χ0n) is 11.8. The predicted molar refractivity (Wildman–Crippen MR) is 80.3 cm³/mol. The van der Waals surface area contributed by atoms with Crippen LogP contribution in [0.4, 0.5) is 17.6 Å². The number of alkyl halides is 3. The van der Waals surface area contributed by atoms with E-state index in [9.17, 15) is 17.6 Å². The van der Waals surface area contributed by atoms with Crippen molar-refractivity contribution in [3.05, 3.63) is 48.3 Å². The molecular weight excluding hydrogens is 338 g/mol. The fraction of sp³-hybridized carbons (Fsp3) is 0.200. The molecule has 0 spiro atoms. The van der Waals surface area contributed by atoms with E-state index in [2.05, 4.69) is 4.74 Å². The molecule has 0 unspecified atom stereocenters. The molecule has 0 aliphatic heterocycles. The van der Waals surface area contributed by atoms with Crippen LogP contribution in [0.5, 0.6) is 11.5 Å². The van der Waals surface area contributed by atoms with E-state index < -0.39 is 17.9 Å². The van der Waals surface area contributed by atoms with Crippen molar-refractivity contribution in [3.63, 3.8) is 0 Å². The number of halogens is 5. The van der Waals surface area contributed by atoms with E-state index in [0.29, 0.717) is 11.1 Å². The van der Waals surface area contributed by atoms with Gasteiger partial charge in [0.2, 0.25) is 0 Å². The van der Waals surface area contributed by atoms with Crippen molar-refractivity contribution in [2.45, 2.75) is 6.36 Å². The Labute approximate surface area is 136 Å². The summed E-state index contributed by atoms with van der Waals surface area (Å²) in [6.07, 6.45) is -4.84. The minimum Gasteiger partial charge on any atom is -0.488 e. The van der Waals surface area contributed by atoms with E-state index in [4.69, 9.17) is 10.5 Å². The lowest BCUT2D eigenvalue weighted by atomic mass is 10.1. The van der Waals surface area contributed by atoms with Crippen molar-refractivity contribution in [2.75, 3.05) is 13.2 Å². The Morgan fingerprint density at radius 2 is 1.52 bits per heavy atom. The maximum Gasteiger partial charge on any atom is 0.573 e.